The van der Waals surface area contributed by atoms with E-state index in [0.29, 0.717) is 17.4 Å². The van der Waals surface area contributed by atoms with Gasteiger partial charge in [-0.15, -0.1) is 11.3 Å². The van der Waals surface area contributed by atoms with Gasteiger partial charge in [-0.3, -0.25) is 4.98 Å². The summed E-state index contributed by atoms with van der Waals surface area (Å²) >= 11 is 4.83. The molecule has 0 aliphatic heterocycles. The van der Waals surface area contributed by atoms with E-state index >= 15 is 0 Å². The van der Waals surface area contributed by atoms with E-state index in [1.54, 1.807) is 12.4 Å². The van der Waals surface area contributed by atoms with Gasteiger partial charge < -0.3 is 10.3 Å². The second-order valence-corrected chi connectivity index (χ2v) is 5.98. The van der Waals surface area contributed by atoms with Gasteiger partial charge in [0, 0.05) is 27.8 Å². The van der Waals surface area contributed by atoms with Gasteiger partial charge in [0.1, 0.15) is 10.7 Å². The molecule has 3 rings (SSSR count). The average molecular weight is 352 g/mol. The molecule has 20 heavy (non-hydrogen) atoms. The van der Waals surface area contributed by atoms with Gasteiger partial charge in [0.15, 0.2) is 0 Å². The van der Waals surface area contributed by atoms with Crippen molar-refractivity contribution < 1.29 is 4.52 Å². The SMILES string of the molecule is CC(N)c1nc(-c2nc(-c3cncc(Br)c3)no2)cs1. The van der Waals surface area contributed by atoms with Crippen LogP contribution in [0.2, 0.25) is 0 Å². The normalized spacial score (nSPS) is 12.6. The lowest BCUT2D eigenvalue weighted by molar-refractivity contribution is 0.431. The predicted molar refractivity (Wildman–Crippen MR) is 78.9 cm³/mol. The van der Waals surface area contributed by atoms with Crippen LogP contribution in [0, 0.1) is 0 Å². The second-order valence-electron chi connectivity index (χ2n) is 4.17. The van der Waals surface area contributed by atoms with E-state index in [1.165, 1.54) is 11.3 Å². The van der Waals surface area contributed by atoms with Gasteiger partial charge in [-0.25, -0.2) is 4.98 Å². The topological polar surface area (TPSA) is 90.7 Å². The number of thiazole rings is 1. The Morgan fingerprint density at radius 1 is 1.35 bits per heavy atom. The van der Waals surface area contributed by atoms with Crippen molar-refractivity contribution in [3.05, 3.63) is 33.3 Å². The summed E-state index contributed by atoms with van der Waals surface area (Å²) in [6.45, 7) is 1.88. The summed E-state index contributed by atoms with van der Waals surface area (Å²) in [5.41, 5.74) is 7.20. The molecule has 0 spiro atoms. The average Bonchev–Trinajstić information content (AvgIpc) is 3.08. The zero-order valence-corrected chi connectivity index (χ0v) is 12.8. The van der Waals surface area contributed by atoms with Crippen molar-refractivity contribution in [1.29, 1.82) is 0 Å². The minimum Gasteiger partial charge on any atom is -0.332 e. The van der Waals surface area contributed by atoms with Crippen molar-refractivity contribution in [2.24, 2.45) is 5.73 Å². The Balaban J connectivity index is 1.93. The Bertz CT molecular complexity index is 739. The molecule has 0 aliphatic carbocycles. The number of nitrogens with two attached hydrogens (primary N) is 1. The van der Waals surface area contributed by atoms with E-state index in [1.807, 2.05) is 18.4 Å². The van der Waals surface area contributed by atoms with Crippen LogP contribution in [0.5, 0.6) is 0 Å². The van der Waals surface area contributed by atoms with Gasteiger partial charge in [-0.1, -0.05) is 5.16 Å². The molecule has 1 unspecified atom stereocenters. The second kappa shape index (κ2) is 5.39. The number of nitrogens with zero attached hydrogens (tertiary/aromatic N) is 4. The minimum absolute atomic E-state index is 0.106. The molecule has 0 fully saturated rings. The maximum absolute atomic E-state index is 5.79. The summed E-state index contributed by atoms with van der Waals surface area (Å²) in [5.74, 6) is 0.854. The monoisotopic (exact) mass is 351 g/mol. The smallest absolute Gasteiger partial charge is 0.277 e. The molecule has 0 saturated carbocycles. The number of rotatable bonds is 3. The molecule has 102 valence electrons. The number of hydrogen-bond acceptors (Lipinski definition) is 7. The summed E-state index contributed by atoms with van der Waals surface area (Å²) in [6.07, 6.45) is 3.37. The molecule has 0 bridgehead atoms. The maximum atomic E-state index is 5.79. The lowest BCUT2D eigenvalue weighted by Crippen LogP contribution is -2.03. The Hall–Kier alpha value is -1.64. The Kier molecular flexibility index (Phi) is 3.60. The molecule has 3 aromatic rings. The fraction of sp³-hybridized carbons (Fsp3) is 0.167. The molecule has 0 amide bonds. The molecule has 3 aromatic heterocycles. The summed E-state index contributed by atoms with van der Waals surface area (Å²) < 4.78 is 6.09. The highest BCUT2D eigenvalue weighted by Crippen LogP contribution is 2.26. The third-order valence-electron chi connectivity index (χ3n) is 2.52. The number of aromatic nitrogens is 4. The lowest BCUT2D eigenvalue weighted by Gasteiger charge is -1.95. The van der Waals surface area contributed by atoms with Crippen LogP contribution in [0.1, 0.15) is 18.0 Å². The van der Waals surface area contributed by atoms with Gasteiger partial charge in [0.05, 0.1) is 6.04 Å². The molecule has 0 saturated heterocycles. The van der Waals surface area contributed by atoms with Crippen molar-refractivity contribution in [2.75, 3.05) is 0 Å². The molecule has 0 aliphatic rings. The van der Waals surface area contributed by atoms with Crippen molar-refractivity contribution >= 4 is 27.3 Å². The molecule has 8 heteroatoms. The quantitative estimate of drug-likeness (QED) is 0.779. The van der Waals surface area contributed by atoms with E-state index in [4.69, 9.17) is 10.3 Å². The first-order chi connectivity index (χ1) is 9.63. The first kappa shape index (κ1) is 13.3. The van der Waals surface area contributed by atoms with Crippen LogP contribution in [-0.4, -0.2) is 20.1 Å². The fourth-order valence-electron chi connectivity index (χ4n) is 1.57. The fourth-order valence-corrected chi connectivity index (χ4v) is 2.69. The van der Waals surface area contributed by atoms with Gasteiger partial charge in [-0.05, 0) is 28.9 Å². The Morgan fingerprint density at radius 3 is 2.90 bits per heavy atom. The van der Waals surface area contributed by atoms with Gasteiger partial charge in [0.2, 0.25) is 5.82 Å². The Labute approximate surface area is 127 Å². The van der Waals surface area contributed by atoms with Crippen molar-refractivity contribution in [3.63, 3.8) is 0 Å². The van der Waals surface area contributed by atoms with E-state index < -0.39 is 0 Å². The van der Waals surface area contributed by atoms with Gasteiger partial charge in [0.25, 0.3) is 5.89 Å². The molecule has 6 nitrogen and oxygen atoms in total. The third-order valence-corrected chi connectivity index (χ3v) is 4.00. The molecule has 2 N–H and O–H groups in total. The molecular weight excluding hydrogens is 342 g/mol. The first-order valence-corrected chi connectivity index (χ1v) is 7.47. The molecule has 0 radical (unpaired) electrons. The zero-order chi connectivity index (χ0) is 14.1. The van der Waals surface area contributed by atoms with Gasteiger partial charge >= 0.3 is 0 Å². The van der Waals surface area contributed by atoms with Crippen LogP contribution in [0.15, 0.2) is 32.8 Å². The van der Waals surface area contributed by atoms with Crippen LogP contribution in [0.3, 0.4) is 0 Å². The maximum Gasteiger partial charge on any atom is 0.277 e. The highest BCUT2D eigenvalue weighted by molar-refractivity contribution is 9.10. The van der Waals surface area contributed by atoms with Crippen molar-refractivity contribution in [2.45, 2.75) is 13.0 Å². The van der Waals surface area contributed by atoms with Crippen LogP contribution in [-0.2, 0) is 0 Å². The minimum atomic E-state index is -0.106. The molecule has 0 aromatic carbocycles. The summed E-state index contributed by atoms with van der Waals surface area (Å²) in [4.78, 5) is 12.8. The van der Waals surface area contributed by atoms with Crippen LogP contribution < -0.4 is 5.73 Å². The molecule has 3 heterocycles. The Morgan fingerprint density at radius 2 is 2.20 bits per heavy atom. The van der Waals surface area contributed by atoms with Crippen LogP contribution in [0.25, 0.3) is 23.0 Å². The van der Waals surface area contributed by atoms with Crippen LogP contribution in [0.4, 0.5) is 0 Å². The number of halogens is 1. The highest BCUT2D eigenvalue weighted by Gasteiger charge is 2.15. The predicted octanol–water partition coefficient (Wildman–Crippen LogP) is 3.04. The van der Waals surface area contributed by atoms with E-state index in [2.05, 4.69) is 36.0 Å². The largest absolute Gasteiger partial charge is 0.332 e. The third kappa shape index (κ3) is 2.62. The van der Waals surface area contributed by atoms with E-state index in [-0.39, 0.29) is 6.04 Å². The van der Waals surface area contributed by atoms with E-state index in [9.17, 15) is 0 Å². The summed E-state index contributed by atoms with van der Waals surface area (Å²) in [7, 11) is 0. The standard InChI is InChI=1S/C12H10BrN5OS/c1-6(14)12-16-9(5-20-12)11-17-10(18-19-11)7-2-8(13)4-15-3-7/h2-6H,14H2,1H3. The van der Waals surface area contributed by atoms with Crippen molar-refractivity contribution in [1.82, 2.24) is 20.1 Å². The van der Waals surface area contributed by atoms with Crippen molar-refractivity contribution in [3.8, 4) is 23.0 Å². The van der Waals surface area contributed by atoms with Gasteiger partial charge in [-0.2, -0.15) is 4.98 Å². The van der Waals surface area contributed by atoms with E-state index in [0.717, 1.165) is 15.0 Å². The summed E-state index contributed by atoms with van der Waals surface area (Å²) in [5, 5.41) is 6.64. The highest BCUT2D eigenvalue weighted by atomic mass is 79.9. The molecular formula is C12H10BrN5OS. The number of hydrogen-bond donors (Lipinski definition) is 1. The van der Waals surface area contributed by atoms with Crippen LogP contribution >= 0.6 is 27.3 Å². The first-order valence-electron chi connectivity index (χ1n) is 5.79. The molecule has 1 atom stereocenters. The number of pyridine rings is 1. The zero-order valence-electron chi connectivity index (χ0n) is 10.4. The summed E-state index contributed by atoms with van der Waals surface area (Å²) in [6, 6.07) is 1.77. The lowest BCUT2D eigenvalue weighted by atomic mass is 10.3.